The molecular weight excluding hydrogens is 280 g/mol. The average molecular weight is 298 g/mol. The predicted molar refractivity (Wildman–Crippen MR) is 71.6 cm³/mol. The number of aliphatic hydroxyl groups is 1. The molecule has 7 nitrogen and oxygen atoms in total. The van der Waals surface area contributed by atoms with Gasteiger partial charge in [0.25, 0.3) is 0 Å². The number of thioether (sulfide) groups is 2. The van der Waals surface area contributed by atoms with Crippen molar-refractivity contribution >= 4 is 35.5 Å². The van der Waals surface area contributed by atoms with Gasteiger partial charge >= 0.3 is 11.9 Å². The van der Waals surface area contributed by atoms with Crippen LogP contribution in [-0.4, -0.2) is 62.0 Å². The molecule has 0 radical (unpaired) electrons. The summed E-state index contributed by atoms with van der Waals surface area (Å²) in [4.78, 5) is 21.1. The van der Waals surface area contributed by atoms with Crippen LogP contribution in [-0.2, 0) is 9.59 Å². The van der Waals surface area contributed by atoms with E-state index in [0.29, 0.717) is 6.42 Å². The molecule has 0 aromatic heterocycles. The molecule has 106 valence electrons. The van der Waals surface area contributed by atoms with Gasteiger partial charge in [0, 0.05) is 18.1 Å². The highest BCUT2D eigenvalue weighted by molar-refractivity contribution is 8.17. The maximum atomic E-state index is 10.5. The smallest absolute Gasteiger partial charge is 0.321 e. The molecule has 7 N–H and O–H groups in total. The van der Waals surface area contributed by atoms with E-state index in [4.69, 9.17) is 26.8 Å². The van der Waals surface area contributed by atoms with Gasteiger partial charge in [-0.3, -0.25) is 9.59 Å². The molecule has 0 saturated carbocycles. The molecule has 2 unspecified atom stereocenters. The summed E-state index contributed by atoms with van der Waals surface area (Å²) in [7, 11) is 0. The van der Waals surface area contributed by atoms with Gasteiger partial charge in [-0.15, -0.1) is 23.5 Å². The first-order valence-electron chi connectivity index (χ1n) is 5.19. The normalized spacial score (nSPS) is 15.9. The summed E-state index contributed by atoms with van der Waals surface area (Å²) < 4.78 is -0.120. The molecule has 0 bridgehead atoms. The Kier molecular flexibility index (Phi) is 9.20. The Morgan fingerprint density at radius 2 is 1.39 bits per heavy atom. The fourth-order valence-electron chi connectivity index (χ4n) is 0.885. The topological polar surface area (TPSA) is 147 Å². The quantitative estimate of drug-likeness (QED) is 0.320. The second-order valence-electron chi connectivity index (χ2n) is 3.50. The van der Waals surface area contributed by atoms with Crippen molar-refractivity contribution in [1.82, 2.24) is 0 Å². The summed E-state index contributed by atoms with van der Waals surface area (Å²) in [6, 6.07) is -1.94. The zero-order valence-corrected chi connectivity index (χ0v) is 11.3. The van der Waals surface area contributed by atoms with Gasteiger partial charge in [0.1, 0.15) is 12.1 Å². The van der Waals surface area contributed by atoms with Crippen molar-refractivity contribution in [3.05, 3.63) is 0 Å². The number of hydrogen-bond donors (Lipinski definition) is 5. The number of aliphatic carboxylic acids is 2. The van der Waals surface area contributed by atoms with E-state index >= 15 is 0 Å². The first-order valence-corrected chi connectivity index (χ1v) is 7.29. The highest BCUT2D eigenvalue weighted by atomic mass is 32.2. The van der Waals surface area contributed by atoms with Crippen molar-refractivity contribution < 1.29 is 24.9 Å². The van der Waals surface area contributed by atoms with Crippen molar-refractivity contribution in [2.45, 2.75) is 23.1 Å². The molecule has 0 heterocycles. The molecular formula is C9H18N2O5S2. The van der Waals surface area contributed by atoms with Crippen LogP contribution in [0, 0.1) is 0 Å². The van der Waals surface area contributed by atoms with Crippen molar-refractivity contribution in [2.75, 3.05) is 18.1 Å². The van der Waals surface area contributed by atoms with Crippen LogP contribution < -0.4 is 11.5 Å². The van der Waals surface area contributed by atoms with Crippen LogP contribution in [0.25, 0.3) is 0 Å². The maximum Gasteiger partial charge on any atom is 0.321 e. The lowest BCUT2D eigenvalue weighted by atomic mass is 10.4. The van der Waals surface area contributed by atoms with Gasteiger partial charge in [-0.25, -0.2) is 0 Å². The van der Waals surface area contributed by atoms with Crippen molar-refractivity contribution in [3.8, 4) is 0 Å². The lowest BCUT2D eigenvalue weighted by molar-refractivity contribution is -0.138. The number of nitrogens with two attached hydrogens (primary N) is 2. The Labute approximate surface area is 113 Å². The number of hydrogen-bond acceptors (Lipinski definition) is 7. The maximum absolute atomic E-state index is 10.5. The molecule has 0 spiro atoms. The van der Waals surface area contributed by atoms with Crippen LogP contribution in [0.15, 0.2) is 0 Å². The summed E-state index contributed by atoms with van der Waals surface area (Å²) in [5.74, 6) is -1.76. The summed E-state index contributed by atoms with van der Waals surface area (Å²) in [6.07, 6.45) is 0.425. The molecule has 0 aliphatic rings. The van der Waals surface area contributed by atoms with Gasteiger partial charge < -0.3 is 26.8 Å². The molecule has 0 aliphatic heterocycles. The molecule has 0 saturated heterocycles. The van der Waals surface area contributed by atoms with Gasteiger partial charge in [-0.1, -0.05) is 0 Å². The Morgan fingerprint density at radius 3 is 1.67 bits per heavy atom. The SMILES string of the molecule is NC(CSC(CCO)SCC(N)C(=O)O)C(=O)O. The minimum absolute atomic E-state index is 0.0602. The van der Waals surface area contributed by atoms with Gasteiger partial charge in [-0.05, 0) is 6.42 Å². The van der Waals surface area contributed by atoms with E-state index in [1.165, 1.54) is 23.5 Å². The van der Waals surface area contributed by atoms with Crippen LogP contribution in [0.5, 0.6) is 0 Å². The van der Waals surface area contributed by atoms with Crippen LogP contribution in [0.2, 0.25) is 0 Å². The first-order chi connectivity index (χ1) is 8.38. The number of aliphatic hydroxyl groups excluding tert-OH is 1. The highest BCUT2D eigenvalue weighted by Gasteiger charge is 2.19. The van der Waals surface area contributed by atoms with E-state index in [2.05, 4.69) is 0 Å². The Bertz CT molecular complexity index is 256. The third-order valence-electron chi connectivity index (χ3n) is 1.92. The molecule has 18 heavy (non-hydrogen) atoms. The van der Waals surface area contributed by atoms with Gasteiger partial charge in [-0.2, -0.15) is 0 Å². The largest absolute Gasteiger partial charge is 0.480 e. The predicted octanol–water partition coefficient (Wildman–Crippen LogP) is -1.01. The Balaban J connectivity index is 4.06. The summed E-state index contributed by atoms with van der Waals surface area (Å²) >= 11 is 2.57. The van der Waals surface area contributed by atoms with Crippen molar-refractivity contribution in [3.63, 3.8) is 0 Å². The van der Waals surface area contributed by atoms with Crippen LogP contribution in [0.4, 0.5) is 0 Å². The zero-order chi connectivity index (χ0) is 14.1. The fourth-order valence-corrected chi connectivity index (χ4v) is 3.41. The van der Waals surface area contributed by atoms with Crippen molar-refractivity contribution in [1.29, 1.82) is 0 Å². The molecule has 0 aromatic carbocycles. The molecule has 9 heteroatoms. The monoisotopic (exact) mass is 298 g/mol. The van der Waals surface area contributed by atoms with E-state index < -0.39 is 24.0 Å². The lowest BCUT2D eigenvalue weighted by Crippen LogP contribution is -2.34. The Hall–Kier alpha value is -0.480. The van der Waals surface area contributed by atoms with Crippen LogP contribution >= 0.6 is 23.5 Å². The third-order valence-corrected chi connectivity index (χ3v) is 5.06. The summed E-state index contributed by atoms with van der Waals surface area (Å²) in [6.45, 7) is -0.0602. The number of carboxylic acids is 2. The number of carboxylic acid groups (broad SMARTS) is 2. The first kappa shape index (κ1) is 17.5. The van der Waals surface area contributed by atoms with Crippen LogP contribution in [0.3, 0.4) is 0 Å². The Morgan fingerprint density at radius 1 is 1.00 bits per heavy atom. The van der Waals surface area contributed by atoms with Gasteiger partial charge in [0.2, 0.25) is 0 Å². The minimum atomic E-state index is -1.09. The van der Waals surface area contributed by atoms with E-state index in [9.17, 15) is 9.59 Å². The summed E-state index contributed by atoms with van der Waals surface area (Å²) in [5, 5.41) is 26.1. The van der Waals surface area contributed by atoms with E-state index in [1.807, 2.05) is 0 Å². The van der Waals surface area contributed by atoms with E-state index in [0.717, 1.165) is 0 Å². The zero-order valence-electron chi connectivity index (χ0n) is 9.69. The van der Waals surface area contributed by atoms with E-state index in [1.54, 1.807) is 0 Å². The second kappa shape index (κ2) is 9.45. The second-order valence-corrected chi connectivity index (χ2v) is 6.27. The third kappa shape index (κ3) is 7.77. The number of rotatable bonds is 10. The average Bonchev–Trinajstić information content (AvgIpc) is 2.31. The fraction of sp³-hybridized carbons (Fsp3) is 0.778. The van der Waals surface area contributed by atoms with E-state index in [-0.39, 0.29) is 22.7 Å². The lowest BCUT2D eigenvalue weighted by Gasteiger charge is -2.17. The minimum Gasteiger partial charge on any atom is -0.480 e. The number of carbonyl (C=O) groups is 2. The standard InChI is InChI=1S/C9H18N2O5S2/c10-5(8(13)14)3-17-7(1-2-12)18-4-6(11)9(15)16/h5-7,12H,1-4,10-11H2,(H,13,14)(H,15,16). The molecule has 0 fully saturated rings. The summed E-state index contributed by atoms with van der Waals surface area (Å²) in [5.41, 5.74) is 10.7. The highest BCUT2D eigenvalue weighted by Crippen LogP contribution is 2.27. The molecule has 2 atom stereocenters. The van der Waals surface area contributed by atoms with Crippen molar-refractivity contribution in [2.24, 2.45) is 11.5 Å². The van der Waals surface area contributed by atoms with Crippen LogP contribution in [0.1, 0.15) is 6.42 Å². The van der Waals surface area contributed by atoms with Gasteiger partial charge in [0.15, 0.2) is 0 Å². The molecule has 0 aliphatic carbocycles. The molecule has 0 rings (SSSR count). The molecule has 0 aromatic rings. The molecule has 0 amide bonds. The van der Waals surface area contributed by atoms with Gasteiger partial charge in [0.05, 0.1) is 4.58 Å².